The lowest BCUT2D eigenvalue weighted by Crippen LogP contribution is -2.45. The minimum atomic E-state index is -0.668. The summed E-state index contributed by atoms with van der Waals surface area (Å²) in [7, 11) is 0. The molecule has 0 fully saturated rings. The van der Waals surface area contributed by atoms with Crippen LogP contribution in [-0.4, -0.2) is 45.7 Å². The molecule has 0 bridgehead atoms. The van der Waals surface area contributed by atoms with Gasteiger partial charge in [-0.3, -0.25) is 24.6 Å². The molecule has 1 N–H and O–H groups in total. The lowest BCUT2D eigenvalue weighted by atomic mass is 10.1. The average Bonchev–Trinajstić information content (AvgIpc) is 3.24. The van der Waals surface area contributed by atoms with E-state index < -0.39 is 23.3 Å². The van der Waals surface area contributed by atoms with Gasteiger partial charge in [-0.2, -0.15) is 0 Å². The number of esters is 1. The number of anilines is 1. The lowest BCUT2D eigenvalue weighted by molar-refractivity contribution is 0.0501. The van der Waals surface area contributed by atoms with E-state index in [1.54, 1.807) is 45.9 Å². The summed E-state index contributed by atoms with van der Waals surface area (Å²) >= 11 is 1.22. The van der Waals surface area contributed by atoms with Gasteiger partial charge in [0.15, 0.2) is 5.13 Å². The third-order valence-electron chi connectivity index (χ3n) is 4.94. The van der Waals surface area contributed by atoms with E-state index in [2.05, 4.69) is 10.3 Å². The molecular formula is C23H21N3O5S. The molecule has 2 heterocycles. The van der Waals surface area contributed by atoms with E-state index in [1.807, 2.05) is 0 Å². The van der Waals surface area contributed by atoms with Crippen LogP contribution in [0.15, 0.2) is 36.4 Å². The first kappa shape index (κ1) is 21.6. The third-order valence-corrected chi connectivity index (χ3v) is 5.87. The van der Waals surface area contributed by atoms with Crippen LogP contribution in [0, 0.1) is 0 Å². The number of benzene rings is 2. The maximum absolute atomic E-state index is 12.8. The normalized spacial score (nSPS) is 13.4. The van der Waals surface area contributed by atoms with E-state index in [4.69, 9.17) is 4.74 Å². The average molecular weight is 452 g/mol. The third kappa shape index (κ3) is 3.75. The predicted octanol–water partition coefficient (Wildman–Crippen LogP) is 4.12. The molecule has 0 aliphatic carbocycles. The van der Waals surface area contributed by atoms with Gasteiger partial charge in [0.25, 0.3) is 17.7 Å². The standard InChI is InChI=1S/C23H21N3O5S/c1-5-31-21(30)13-7-9-16-17(11-13)32-22(24-16)25-18(27)12-6-8-14-15(10-12)20(29)26(19(14)28)23(2,3)4/h6-11H,5H2,1-4H3,(H,24,25,27). The number of nitrogens with zero attached hydrogens (tertiary/aromatic N) is 2. The van der Waals surface area contributed by atoms with Crippen LogP contribution in [0.3, 0.4) is 0 Å². The number of carbonyl (C=O) groups excluding carboxylic acids is 4. The van der Waals surface area contributed by atoms with Gasteiger partial charge in [0.2, 0.25) is 0 Å². The van der Waals surface area contributed by atoms with Crippen molar-refractivity contribution >= 4 is 50.4 Å². The zero-order valence-corrected chi connectivity index (χ0v) is 18.8. The first-order chi connectivity index (χ1) is 15.1. The Morgan fingerprint density at radius 3 is 2.41 bits per heavy atom. The number of rotatable bonds is 4. The first-order valence-electron chi connectivity index (χ1n) is 10.0. The Bertz CT molecular complexity index is 1290. The number of ether oxygens (including phenoxy) is 1. The maximum atomic E-state index is 12.8. The van der Waals surface area contributed by atoms with Gasteiger partial charge in [0.1, 0.15) is 0 Å². The Hall–Kier alpha value is -3.59. The summed E-state index contributed by atoms with van der Waals surface area (Å²) in [5.74, 6) is -1.66. The summed E-state index contributed by atoms with van der Waals surface area (Å²) in [4.78, 5) is 55.7. The zero-order chi connectivity index (χ0) is 23.2. The maximum Gasteiger partial charge on any atom is 0.338 e. The predicted molar refractivity (Wildman–Crippen MR) is 120 cm³/mol. The molecule has 2 aromatic carbocycles. The van der Waals surface area contributed by atoms with Crippen molar-refractivity contribution in [3.05, 3.63) is 58.7 Å². The van der Waals surface area contributed by atoms with E-state index >= 15 is 0 Å². The SMILES string of the molecule is CCOC(=O)c1ccc2nc(NC(=O)c3ccc4c(c3)C(=O)N(C(C)(C)C)C4=O)sc2c1. The molecule has 0 radical (unpaired) electrons. The van der Waals surface area contributed by atoms with Gasteiger partial charge >= 0.3 is 5.97 Å². The Balaban J connectivity index is 1.57. The molecule has 32 heavy (non-hydrogen) atoms. The number of thiazole rings is 1. The summed E-state index contributed by atoms with van der Waals surface area (Å²) in [6.07, 6.45) is 0. The van der Waals surface area contributed by atoms with Crippen molar-refractivity contribution in [3.8, 4) is 0 Å². The minimum Gasteiger partial charge on any atom is -0.462 e. The van der Waals surface area contributed by atoms with Crippen molar-refractivity contribution in [1.82, 2.24) is 9.88 Å². The molecule has 4 rings (SSSR count). The van der Waals surface area contributed by atoms with Crippen molar-refractivity contribution in [2.24, 2.45) is 0 Å². The number of hydrogen-bond acceptors (Lipinski definition) is 7. The van der Waals surface area contributed by atoms with E-state index in [-0.39, 0.29) is 29.2 Å². The Kier molecular flexibility index (Phi) is 5.29. The monoisotopic (exact) mass is 451 g/mol. The molecule has 8 nitrogen and oxygen atoms in total. The number of carbonyl (C=O) groups is 4. The number of imide groups is 1. The number of nitrogens with one attached hydrogen (secondary N) is 1. The molecule has 0 spiro atoms. The molecule has 1 aromatic heterocycles. The van der Waals surface area contributed by atoms with Gasteiger partial charge in [0.05, 0.1) is 33.5 Å². The Morgan fingerprint density at radius 2 is 1.72 bits per heavy atom. The van der Waals surface area contributed by atoms with E-state index in [0.29, 0.717) is 16.2 Å². The highest BCUT2D eigenvalue weighted by Crippen LogP contribution is 2.31. The van der Waals surface area contributed by atoms with Crippen molar-refractivity contribution in [2.45, 2.75) is 33.2 Å². The van der Waals surface area contributed by atoms with Crippen LogP contribution < -0.4 is 5.32 Å². The summed E-state index contributed by atoms with van der Waals surface area (Å²) < 4.78 is 5.73. The molecule has 0 unspecified atom stereocenters. The molecule has 3 aromatic rings. The van der Waals surface area contributed by atoms with Gasteiger partial charge in [-0.1, -0.05) is 11.3 Å². The summed E-state index contributed by atoms with van der Waals surface area (Å²) in [6, 6.07) is 9.42. The van der Waals surface area contributed by atoms with Crippen molar-refractivity contribution in [2.75, 3.05) is 11.9 Å². The molecule has 0 atom stereocenters. The van der Waals surface area contributed by atoms with Crippen LogP contribution in [0.4, 0.5) is 5.13 Å². The smallest absolute Gasteiger partial charge is 0.338 e. The van der Waals surface area contributed by atoms with Crippen LogP contribution >= 0.6 is 11.3 Å². The zero-order valence-electron chi connectivity index (χ0n) is 18.0. The van der Waals surface area contributed by atoms with Gasteiger partial charge in [-0.05, 0) is 64.1 Å². The second-order valence-corrected chi connectivity index (χ2v) is 9.28. The summed E-state index contributed by atoms with van der Waals surface area (Å²) in [5, 5.41) is 3.07. The van der Waals surface area contributed by atoms with E-state index in [0.717, 1.165) is 4.70 Å². The van der Waals surface area contributed by atoms with Crippen LogP contribution in [-0.2, 0) is 4.74 Å². The Labute approximate surface area is 188 Å². The molecule has 0 saturated carbocycles. The van der Waals surface area contributed by atoms with Crippen LogP contribution in [0.1, 0.15) is 69.1 Å². The fraction of sp³-hybridized carbons (Fsp3) is 0.261. The number of hydrogen-bond donors (Lipinski definition) is 1. The van der Waals surface area contributed by atoms with Gasteiger partial charge in [0, 0.05) is 11.1 Å². The van der Waals surface area contributed by atoms with Crippen LogP contribution in [0.25, 0.3) is 10.2 Å². The first-order valence-corrected chi connectivity index (χ1v) is 10.8. The largest absolute Gasteiger partial charge is 0.462 e. The molecular weight excluding hydrogens is 430 g/mol. The highest BCUT2D eigenvalue weighted by Gasteiger charge is 2.42. The van der Waals surface area contributed by atoms with Gasteiger partial charge in [-0.15, -0.1) is 0 Å². The summed E-state index contributed by atoms with van der Waals surface area (Å²) in [6.45, 7) is 7.36. The molecule has 0 saturated heterocycles. The highest BCUT2D eigenvalue weighted by molar-refractivity contribution is 7.22. The highest BCUT2D eigenvalue weighted by atomic mass is 32.1. The fourth-order valence-electron chi connectivity index (χ4n) is 3.48. The Morgan fingerprint density at radius 1 is 1.03 bits per heavy atom. The van der Waals surface area contributed by atoms with E-state index in [1.165, 1.54) is 34.4 Å². The van der Waals surface area contributed by atoms with E-state index in [9.17, 15) is 19.2 Å². The molecule has 9 heteroatoms. The minimum absolute atomic E-state index is 0.209. The second kappa shape index (κ2) is 7.83. The van der Waals surface area contributed by atoms with Gasteiger partial charge in [-0.25, -0.2) is 9.78 Å². The molecule has 164 valence electrons. The number of amides is 3. The molecule has 3 amide bonds. The molecule has 1 aliphatic rings. The van der Waals surface area contributed by atoms with Crippen molar-refractivity contribution in [3.63, 3.8) is 0 Å². The van der Waals surface area contributed by atoms with Gasteiger partial charge < -0.3 is 4.74 Å². The molecule has 1 aliphatic heterocycles. The second-order valence-electron chi connectivity index (χ2n) is 8.25. The quantitative estimate of drug-likeness (QED) is 0.473. The summed E-state index contributed by atoms with van der Waals surface area (Å²) in [5.41, 5.74) is 1.11. The van der Waals surface area contributed by atoms with Crippen LogP contribution in [0.5, 0.6) is 0 Å². The van der Waals surface area contributed by atoms with Crippen LogP contribution in [0.2, 0.25) is 0 Å². The number of fused-ring (bicyclic) bond motifs is 2. The fourth-order valence-corrected chi connectivity index (χ4v) is 4.38. The van der Waals surface area contributed by atoms with Crippen molar-refractivity contribution < 1.29 is 23.9 Å². The lowest BCUT2D eigenvalue weighted by Gasteiger charge is -2.29. The van der Waals surface area contributed by atoms with Crippen molar-refractivity contribution in [1.29, 1.82) is 0 Å². The number of aromatic nitrogens is 1. The topological polar surface area (TPSA) is 106 Å².